The molecule has 0 fully saturated rings. The Morgan fingerprint density at radius 1 is 1.07 bits per heavy atom. The molecule has 0 amide bonds. The smallest absolute Gasteiger partial charge is 0.338 e. The van der Waals surface area contributed by atoms with E-state index in [0.717, 1.165) is 5.69 Å². The number of aromatic nitrogens is 4. The average molecular weight is 366 g/mol. The Labute approximate surface area is 155 Å². The lowest BCUT2D eigenvalue weighted by atomic mass is 10.1. The van der Waals surface area contributed by atoms with Crippen molar-refractivity contribution in [2.75, 3.05) is 6.61 Å². The molecule has 0 unspecified atom stereocenters. The van der Waals surface area contributed by atoms with Gasteiger partial charge >= 0.3 is 5.97 Å². The molecule has 1 heterocycles. The molecule has 0 aliphatic carbocycles. The number of nitrogens with zero attached hydrogens (tertiary/aromatic N) is 4. The normalized spacial score (nSPS) is 10.4. The number of hydrogen-bond acceptors (Lipinski definition) is 7. The first kappa shape index (κ1) is 18.2. The number of esters is 1. The van der Waals surface area contributed by atoms with Crippen LogP contribution in [0.5, 0.6) is 5.75 Å². The van der Waals surface area contributed by atoms with E-state index < -0.39 is 5.97 Å². The molecule has 0 atom stereocenters. The molecule has 0 spiro atoms. The van der Waals surface area contributed by atoms with E-state index in [2.05, 4.69) is 15.5 Å². The van der Waals surface area contributed by atoms with Crippen molar-refractivity contribution in [3.05, 3.63) is 65.5 Å². The second-order valence-electron chi connectivity index (χ2n) is 5.69. The third kappa shape index (κ3) is 4.35. The van der Waals surface area contributed by atoms with Crippen LogP contribution in [0.4, 0.5) is 0 Å². The summed E-state index contributed by atoms with van der Waals surface area (Å²) in [5, 5.41) is 10.9. The lowest BCUT2D eigenvalue weighted by Crippen LogP contribution is -2.08. The Morgan fingerprint density at radius 3 is 2.44 bits per heavy atom. The van der Waals surface area contributed by atoms with Gasteiger partial charge in [0.2, 0.25) is 0 Å². The molecule has 0 N–H and O–H groups in total. The van der Waals surface area contributed by atoms with Gasteiger partial charge in [-0.15, -0.1) is 5.10 Å². The van der Waals surface area contributed by atoms with Crippen molar-refractivity contribution in [1.82, 2.24) is 20.2 Å². The third-order valence-corrected chi connectivity index (χ3v) is 3.84. The largest absolute Gasteiger partial charge is 0.493 e. The van der Waals surface area contributed by atoms with Crippen LogP contribution in [-0.2, 0) is 11.3 Å². The van der Waals surface area contributed by atoms with Crippen LogP contribution in [0.15, 0.2) is 48.8 Å². The second kappa shape index (κ2) is 8.22. The van der Waals surface area contributed by atoms with Gasteiger partial charge in [-0.05, 0) is 66.7 Å². The molecule has 0 radical (unpaired) electrons. The first-order chi connectivity index (χ1) is 13.1. The van der Waals surface area contributed by atoms with E-state index in [1.807, 2.05) is 6.92 Å². The second-order valence-corrected chi connectivity index (χ2v) is 5.69. The molecule has 0 saturated carbocycles. The van der Waals surface area contributed by atoms with Crippen molar-refractivity contribution in [1.29, 1.82) is 0 Å². The number of hydrogen-bond donors (Lipinski definition) is 0. The minimum Gasteiger partial charge on any atom is -0.493 e. The summed E-state index contributed by atoms with van der Waals surface area (Å²) in [5.41, 5.74) is 2.30. The highest BCUT2D eigenvalue weighted by molar-refractivity contribution is 5.94. The van der Waals surface area contributed by atoms with E-state index in [4.69, 9.17) is 9.47 Å². The summed E-state index contributed by atoms with van der Waals surface area (Å²) < 4.78 is 12.4. The molecule has 0 aliphatic heterocycles. The zero-order valence-corrected chi connectivity index (χ0v) is 15.0. The monoisotopic (exact) mass is 366 g/mol. The van der Waals surface area contributed by atoms with E-state index in [1.54, 1.807) is 42.5 Å². The van der Waals surface area contributed by atoms with Crippen molar-refractivity contribution in [3.63, 3.8) is 0 Å². The van der Waals surface area contributed by atoms with Gasteiger partial charge in [0.1, 0.15) is 18.7 Å². The predicted molar refractivity (Wildman–Crippen MR) is 95.9 cm³/mol. The third-order valence-electron chi connectivity index (χ3n) is 3.84. The van der Waals surface area contributed by atoms with E-state index in [0.29, 0.717) is 29.0 Å². The molecule has 27 heavy (non-hydrogen) atoms. The molecule has 0 aliphatic rings. The molecular weight excluding hydrogens is 348 g/mol. The molecule has 1 aromatic heterocycles. The number of benzene rings is 2. The first-order valence-corrected chi connectivity index (χ1v) is 8.35. The topological polar surface area (TPSA) is 96.2 Å². The number of carbonyl (C=O) groups excluding carboxylic acids is 2. The minimum atomic E-state index is -0.478. The van der Waals surface area contributed by atoms with Crippen molar-refractivity contribution in [2.45, 2.75) is 20.5 Å². The fourth-order valence-electron chi connectivity index (χ4n) is 2.46. The molecule has 3 rings (SSSR count). The zero-order valence-electron chi connectivity index (χ0n) is 15.0. The van der Waals surface area contributed by atoms with Gasteiger partial charge in [-0.2, -0.15) is 0 Å². The summed E-state index contributed by atoms with van der Waals surface area (Å²) in [6.07, 6.45) is 1.46. The molecule has 2 aromatic carbocycles. The molecule has 0 bridgehead atoms. The molecule has 8 nitrogen and oxygen atoms in total. The summed E-state index contributed by atoms with van der Waals surface area (Å²) >= 11 is 0. The van der Waals surface area contributed by atoms with Crippen LogP contribution in [-0.4, -0.2) is 38.6 Å². The van der Waals surface area contributed by atoms with Gasteiger partial charge in [0.15, 0.2) is 5.78 Å². The number of carbonyl (C=O) groups is 2. The molecule has 138 valence electrons. The number of ketones is 1. The number of rotatable bonds is 7. The van der Waals surface area contributed by atoms with E-state index in [-0.39, 0.29) is 12.4 Å². The van der Waals surface area contributed by atoms with E-state index in [9.17, 15) is 9.59 Å². The Morgan fingerprint density at radius 2 is 1.81 bits per heavy atom. The van der Waals surface area contributed by atoms with Crippen LogP contribution in [0, 0.1) is 0 Å². The standard InChI is InChI=1S/C19H18N4O4/c1-3-26-18-9-6-15(13(2)24)10-16(18)11-27-19(25)14-4-7-17(8-5-14)23-12-20-21-22-23/h4-10,12H,3,11H2,1-2H3. The summed E-state index contributed by atoms with van der Waals surface area (Å²) in [6.45, 7) is 3.82. The highest BCUT2D eigenvalue weighted by Gasteiger charge is 2.12. The van der Waals surface area contributed by atoms with Crippen molar-refractivity contribution in [2.24, 2.45) is 0 Å². The maximum atomic E-state index is 12.3. The van der Waals surface area contributed by atoms with Gasteiger partial charge in [0.05, 0.1) is 17.9 Å². The van der Waals surface area contributed by atoms with Gasteiger partial charge < -0.3 is 9.47 Å². The van der Waals surface area contributed by atoms with Gasteiger partial charge in [-0.3, -0.25) is 4.79 Å². The van der Waals surface area contributed by atoms with Gasteiger partial charge in [-0.25, -0.2) is 9.48 Å². The summed E-state index contributed by atoms with van der Waals surface area (Å²) in [5.74, 6) is 0.0436. The summed E-state index contributed by atoms with van der Waals surface area (Å²) in [7, 11) is 0. The Hall–Kier alpha value is -3.55. The van der Waals surface area contributed by atoms with E-state index >= 15 is 0 Å². The van der Waals surface area contributed by atoms with Crippen LogP contribution in [0.1, 0.15) is 40.1 Å². The first-order valence-electron chi connectivity index (χ1n) is 8.35. The van der Waals surface area contributed by atoms with Crippen molar-refractivity contribution < 1.29 is 19.1 Å². The molecular formula is C19H18N4O4. The Balaban J connectivity index is 1.71. The lowest BCUT2D eigenvalue weighted by molar-refractivity contribution is 0.0469. The van der Waals surface area contributed by atoms with Crippen LogP contribution in [0.25, 0.3) is 5.69 Å². The van der Waals surface area contributed by atoms with Crippen LogP contribution in [0.2, 0.25) is 0 Å². The Bertz CT molecular complexity index is 937. The molecule has 0 saturated heterocycles. The van der Waals surface area contributed by atoms with Gasteiger partial charge in [-0.1, -0.05) is 0 Å². The fraction of sp³-hybridized carbons (Fsp3) is 0.211. The van der Waals surface area contributed by atoms with Gasteiger partial charge in [0.25, 0.3) is 0 Å². The van der Waals surface area contributed by atoms with Crippen molar-refractivity contribution >= 4 is 11.8 Å². The average Bonchev–Trinajstić information content (AvgIpc) is 3.22. The number of Topliss-reactive ketones (excluding diaryl/α,β-unsaturated/α-hetero) is 1. The maximum Gasteiger partial charge on any atom is 0.338 e. The highest BCUT2D eigenvalue weighted by atomic mass is 16.5. The summed E-state index contributed by atoms with van der Waals surface area (Å²) in [6, 6.07) is 11.8. The van der Waals surface area contributed by atoms with Crippen molar-refractivity contribution in [3.8, 4) is 11.4 Å². The van der Waals surface area contributed by atoms with Crippen LogP contribution in [0.3, 0.4) is 0 Å². The SMILES string of the molecule is CCOc1ccc(C(C)=O)cc1COC(=O)c1ccc(-n2cnnn2)cc1. The molecule has 8 heteroatoms. The Kier molecular flexibility index (Phi) is 5.55. The fourth-order valence-corrected chi connectivity index (χ4v) is 2.46. The highest BCUT2D eigenvalue weighted by Crippen LogP contribution is 2.22. The maximum absolute atomic E-state index is 12.3. The molecule has 3 aromatic rings. The quantitative estimate of drug-likeness (QED) is 0.468. The number of tetrazole rings is 1. The van der Waals surface area contributed by atoms with Crippen LogP contribution >= 0.6 is 0 Å². The van der Waals surface area contributed by atoms with Gasteiger partial charge in [0, 0.05) is 11.1 Å². The minimum absolute atomic E-state index is 0.00400. The zero-order chi connectivity index (χ0) is 19.2. The van der Waals surface area contributed by atoms with Crippen LogP contribution < -0.4 is 4.74 Å². The lowest BCUT2D eigenvalue weighted by Gasteiger charge is -2.12. The van der Waals surface area contributed by atoms with E-state index in [1.165, 1.54) is 17.9 Å². The number of ether oxygens (including phenoxy) is 2. The predicted octanol–water partition coefficient (Wildman–Crippen LogP) is 2.62. The summed E-state index contributed by atoms with van der Waals surface area (Å²) in [4.78, 5) is 23.9.